The van der Waals surface area contributed by atoms with Crippen molar-refractivity contribution >= 4 is 23.5 Å². The van der Waals surface area contributed by atoms with Gasteiger partial charge >= 0.3 is 0 Å². The minimum absolute atomic E-state index is 0.107. The van der Waals surface area contributed by atoms with Crippen molar-refractivity contribution in [2.45, 2.75) is 63.7 Å². The van der Waals surface area contributed by atoms with E-state index < -0.39 is 0 Å². The number of hydrogen-bond acceptors (Lipinski definition) is 5. The smallest absolute Gasteiger partial charge is 0.226 e. The number of piperidine rings is 2. The molecular formula is C38H44N4O2. The molecule has 1 spiro atoms. The van der Waals surface area contributed by atoms with Gasteiger partial charge in [-0.05, 0) is 97.2 Å². The Morgan fingerprint density at radius 3 is 2.41 bits per heavy atom. The van der Waals surface area contributed by atoms with Gasteiger partial charge in [-0.3, -0.25) is 4.79 Å². The Hall–Kier alpha value is -3.93. The molecule has 228 valence electrons. The third-order valence-electron chi connectivity index (χ3n) is 10.5. The van der Waals surface area contributed by atoms with Gasteiger partial charge in [-0.1, -0.05) is 61.5 Å². The van der Waals surface area contributed by atoms with Crippen LogP contribution in [0, 0.1) is 11.8 Å². The molecule has 0 bridgehead atoms. The Labute approximate surface area is 261 Å². The van der Waals surface area contributed by atoms with E-state index in [1.165, 1.54) is 27.8 Å². The van der Waals surface area contributed by atoms with E-state index in [1.807, 2.05) is 12.4 Å². The van der Waals surface area contributed by atoms with Crippen molar-refractivity contribution in [3.63, 3.8) is 0 Å². The third-order valence-corrected chi connectivity index (χ3v) is 10.5. The Kier molecular flexibility index (Phi) is 8.24. The number of rotatable bonds is 7. The van der Waals surface area contributed by atoms with Gasteiger partial charge in [0, 0.05) is 49.9 Å². The van der Waals surface area contributed by atoms with Crippen LogP contribution in [0.1, 0.15) is 74.1 Å². The zero-order valence-electron chi connectivity index (χ0n) is 26.0. The molecular weight excluding hydrogens is 544 g/mol. The standard InChI is InChI=1S/C38H44N4O2/c1-2-28-25-39-37(40-26-28)42-21-16-29(17-22-42)27-44-34-13-11-31(12-14-34)30-7-9-33(10-8-30)36(43)41-23-19-38(20-24-41)18-15-32-5-3-4-6-35(32)38/h3-7,11-15,18,25-26,29,33H,2,8-10,16-17,19-24,27H2,1H3. The summed E-state index contributed by atoms with van der Waals surface area (Å²) < 4.78 is 6.21. The predicted molar refractivity (Wildman–Crippen MR) is 177 cm³/mol. The maximum atomic E-state index is 13.5. The Bertz CT molecular complexity index is 1510. The largest absolute Gasteiger partial charge is 0.493 e. The SMILES string of the molecule is CCc1cnc(N2CCC(COc3ccc(C4=CCC(C(=O)N5CCC6(C=Cc7ccccc76)CC5)CC4)cc3)CC2)nc1. The van der Waals surface area contributed by atoms with Crippen LogP contribution < -0.4 is 9.64 Å². The molecule has 2 aliphatic heterocycles. The van der Waals surface area contributed by atoms with E-state index in [9.17, 15) is 4.79 Å². The minimum atomic E-state index is 0.107. The number of allylic oxidation sites excluding steroid dienone is 3. The first kappa shape index (κ1) is 28.8. The molecule has 1 amide bonds. The number of hydrogen-bond donors (Lipinski definition) is 0. The molecule has 2 aliphatic carbocycles. The molecule has 2 aromatic carbocycles. The van der Waals surface area contributed by atoms with Gasteiger partial charge in [-0.15, -0.1) is 0 Å². The van der Waals surface area contributed by atoms with Crippen LogP contribution in [0.3, 0.4) is 0 Å². The summed E-state index contributed by atoms with van der Waals surface area (Å²) in [4.78, 5) is 27.0. The number of nitrogens with zero attached hydrogens (tertiary/aromatic N) is 4. The second-order valence-electron chi connectivity index (χ2n) is 13.1. The van der Waals surface area contributed by atoms with E-state index in [0.29, 0.717) is 11.8 Å². The number of carbonyl (C=O) groups excluding carboxylic acids is 1. The Morgan fingerprint density at radius 1 is 0.955 bits per heavy atom. The highest BCUT2D eigenvalue weighted by molar-refractivity contribution is 5.81. The second kappa shape index (κ2) is 12.6. The van der Waals surface area contributed by atoms with Crippen molar-refractivity contribution in [1.82, 2.24) is 14.9 Å². The lowest BCUT2D eigenvalue weighted by Gasteiger charge is -2.40. The van der Waals surface area contributed by atoms with E-state index >= 15 is 0 Å². The molecule has 1 aromatic heterocycles. The lowest BCUT2D eigenvalue weighted by molar-refractivity contribution is -0.137. The highest BCUT2D eigenvalue weighted by Crippen LogP contribution is 2.44. The second-order valence-corrected chi connectivity index (χ2v) is 13.1. The van der Waals surface area contributed by atoms with Gasteiger partial charge in [0.2, 0.25) is 11.9 Å². The number of benzene rings is 2. The van der Waals surface area contributed by atoms with Crippen molar-refractivity contribution in [3.8, 4) is 5.75 Å². The normalized spacial score (nSPS) is 21.3. The minimum Gasteiger partial charge on any atom is -0.493 e. The molecule has 44 heavy (non-hydrogen) atoms. The van der Waals surface area contributed by atoms with Gasteiger partial charge in [-0.25, -0.2) is 9.97 Å². The summed E-state index contributed by atoms with van der Waals surface area (Å²) in [6.45, 7) is 6.52. The van der Waals surface area contributed by atoms with Crippen molar-refractivity contribution in [1.29, 1.82) is 0 Å². The van der Waals surface area contributed by atoms with Crippen LogP contribution >= 0.6 is 0 Å². The van der Waals surface area contributed by atoms with Crippen molar-refractivity contribution < 1.29 is 9.53 Å². The van der Waals surface area contributed by atoms with Gasteiger partial charge < -0.3 is 14.5 Å². The molecule has 1 atom stereocenters. The van der Waals surface area contributed by atoms with E-state index in [0.717, 1.165) is 95.9 Å². The molecule has 2 saturated heterocycles. The molecule has 0 N–H and O–H groups in total. The zero-order chi connectivity index (χ0) is 29.9. The van der Waals surface area contributed by atoms with E-state index in [2.05, 4.69) is 93.5 Å². The first-order chi connectivity index (χ1) is 21.6. The summed E-state index contributed by atoms with van der Waals surface area (Å²) in [5.74, 6) is 2.78. The fourth-order valence-corrected chi connectivity index (χ4v) is 7.55. The van der Waals surface area contributed by atoms with E-state index in [4.69, 9.17) is 4.74 Å². The van der Waals surface area contributed by atoms with Crippen LogP contribution in [-0.2, 0) is 16.6 Å². The first-order valence-electron chi connectivity index (χ1n) is 16.7. The van der Waals surface area contributed by atoms with Gasteiger partial charge in [0.1, 0.15) is 5.75 Å². The Morgan fingerprint density at radius 2 is 1.70 bits per heavy atom. The van der Waals surface area contributed by atoms with Crippen LogP contribution in [0.5, 0.6) is 5.75 Å². The van der Waals surface area contributed by atoms with Crippen LogP contribution in [0.4, 0.5) is 5.95 Å². The average molecular weight is 589 g/mol. The maximum absolute atomic E-state index is 13.5. The summed E-state index contributed by atoms with van der Waals surface area (Å²) in [6, 6.07) is 17.3. The average Bonchev–Trinajstić information content (AvgIpc) is 3.45. The third kappa shape index (κ3) is 5.91. The van der Waals surface area contributed by atoms with Gasteiger partial charge in [0.15, 0.2) is 0 Å². The number of carbonyl (C=O) groups is 1. The fraction of sp³-hybridized carbons (Fsp3) is 0.447. The van der Waals surface area contributed by atoms with Crippen molar-refractivity contribution in [3.05, 3.63) is 95.3 Å². The predicted octanol–water partition coefficient (Wildman–Crippen LogP) is 7.11. The van der Waals surface area contributed by atoms with Crippen LogP contribution in [-0.4, -0.2) is 53.6 Å². The van der Waals surface area contributed by atoms with Crippen LogP contribution in [0.2, 0.25) is 0 Å². The first-order valence-corrected chi connectivity index (χ1v) is 16.7. The maximum Gasteiger partial charge on any atom is 0.226 e. The molecule has 0 saturated carbocycles. The number of aryl methyl sites for hydroxylation is 1. The summed E-state index contributed by atoms with van der Waals surface area (Å²) in [5.41, 5.74) is 6.69. The molecule has 3 heterocycles. The summed E-state index contributed by atoms with van der Waals surface area (Å²) >= 11 is 0. The van der Waals surface area contributed by atoms with Gasteiger partial charge in [0.05, 0.1) is 6.61 Å². The highest BCUT2D eigenvalue weighted by Gasteiger charge is 2.40. The summed E-state index contributed by atoms with van der Waals surface area (Å²) in [7, 11) is 0. The van der Waals surface area contributed by atoms with E-state index in [-0.39, 0.29) is 11.3 Å². The highest BCUT2D eigenvalue weighted by atomic mass is 16.5. The number of likely N-dealkylation sites (tertiary alicyclic amines) is 1. The molecule has 2 fully saturated rings. The number of amides is 1. The lowest BCUT2D eigenvalue weighted by atomic mass is 9.74. The molecule has 1 unspecified atom stereocenters. The quantitative estimate of drug-likeness (QED) is 0.295. The number of ether oxygens (including phenoxy) is 1. The zero-order valence-corrected chi connectivity index (χ0v) is 26.0. The monoisotopic (exact) mass is 588 g/mol. The van der Waals surface area contributed by atoms with Crippen molar-refractivity contribution in [2.24, 2.45) is 11.8 Å². The van der Waals surface area contributed by atoms with E-state index in [1.54, 1.807) is 0 Å². The number of aromatic nitrogens is 2. The van der Waals surface area contributed by atoms with Crippen LogP contribution in [0.15, 0.2) is 73.1 Å². The number of fused-ring (bicyclic) bond motifs is 2. The lowest BCUT2D eigenvalue weighted by Crippen LogP contribution is -2.46. The molecule has 7 rings (SSSR count). The van der Waals surface area contributed by atoms with Gasteiger partial charge in [0.25, 0.3) is 0 Å². The summed E-state index contributed by atoms with van der Waals surface area (Å²) in [6.07, 6.45) is 18.8. The molecule has 6 nitrogen and oxygen atoms in total. The molecule has 6 heteroatoms. The van der Waals surface area contributed by atoms with Crippen LogP contribution in [0.25, 0.3) is 11.6 Å². The fourth-order valence-electron chi connectivity index (χ4n) is 7.55. The summed E-state index contributed by atoms with van der Waals surface area (Å²) in [5, 5.41) is 0. The molecule has 3 aromatic rings. The number of anilines is 1. The molecule has 0 radical (unpaired) electrons. The van der Waals surface area contributed by atoms with Crippen molar-refractivity contribution in [2.75, 3.05) is 37.7 Å². The Balaban J connectivity index is 0.861. The molecule has 4 aliphatic rings. The van der Waals surface area contributed by atoms with Gasteiger partial charge in [-0.2, -0.15) is 0 Å². The topological polar surface area (TPSA) is 58.6 Å².